The van der Waals surface area contributed by atoms with Gasteiger partial charge >= 0.3 is 29.8 Å². The normalized spacial score (nSPS) is 10.1. The third-order valence-electron chi connectivity index (χ3n) is 5.12. The van der Waals surface area contributed by atoms with E-state index in [0.29, 0.717) is 16.7 Å². The van der Waals surface area contributed by atoms with Gasteiger partial charge in [-0.2, -0.15) is 0 Å². The van der Waals surface area contributed by atoms with Gasteiger partial charge in [0.1, 0.15) is 32.2 Å². The highest BCUT2D eigenvalue weighted by Crippen LogP contribution is 2.28. The summed E-state index contributed by atoms with van der Waals surface area (Å²) >= 11 is 0. The van der Waals surface area contributed by atoms with Crippen LogP contribution in [0.3, 0.4) is 0 Å². The summed E-state index contributed by atoms with van der Waals surface area (Å²) in [7, 11) is 0. The molecule has 0 bridgehead atoms. The molecule has 0 atom stereocenters. The van der Waals surface area contributed by atoms with Crippen LogP contribution in [-0.4, -0.2) is 56.3 Å². The number of rotatable bonds is 14. The highest BCUT2D eigenvalue weighted by atomic mass is 16.6. The Kier molecular flexibility index (Phi) is 12.2. The summed E-state index contributed by atoms with van der Waals surface area (Å²) in [5, 5.41) is 0. The van der Waals surface area contributed by atoms with Gasteiger partial charge in [0.25, 0.3) is 0 Å². The zero-order valence-corrected chi connectivity index (χ0v) is 23.3. The van der Waals surface area contributed by atoms with Gasteiger partial charge in [0.15, 0.2) is 0 Å². The van der Waals surface area contributed by atoms with Crippen LogP contribution in [0.1, 0.15) is 47.9 Å². The fourth-order valence-corrected chi connectivity index (χ4v) is 3.13. The molecule has 0 amide bonds. The maximum atomic E-state index is 13.0. The van der Waals surface area contributed by atoms with E-state index in [4.69, 9.17) is 23.7 Å². The molecule has 0 aromatic heterocycles. The van der Waals surface area contributed by atoms with Crippen molar-refractivity contribution in [1.82, 2.24) is 0 Å². The molecule has 216 valence electrons. The first-order valence-electron chi connectivity index (χ1n) is 12.5. The first kappa shape index (κ1) is 32.2. The van der Waals surface area contributed by atoms with Crippen molar-refractivity contribution in [2.75, 3.05) is 26.4 Å². The van der Waals surface area contributed by atoms with Gasteiger partial charge in [0, 0.05) is 11.1 Å². The lowest BCUT2D eigenvalue weighted by Gasteiger charge is -2.13. The molecule has 0 aliphatic heterocycles. The molecule has 2 aromatic carbocycles. The average molecular weight is 565 g/mol. The Morgan fingerprint density at radius 2 is 1.22 bits per heavy atom. The molecule has 0 saturated carbocycles. The average Bonchev–Trinajstić information content (AvgIpc) is 2.92. The summed E-state index contributed by atoms with van der Waals surface area (Å²) in [6.45, 7) is 14.6. The fourth-order valence-electron chi connectivity index (χ4n) is 3.13. The molecule has 0 spiro atoms. The van der Waals surface area contributed by atoms with E-state index < -0.39 is 29.8 Å². The number of carbonyl (C=O) groups is 5. The first-order valence-corrected chi connectivity index (χ1v) is 12.5. The number of hydrogen-bond donors (Lipinski definition) is 0. The fraction of sp³-hybridized carbons (Fsp3) is 0.258. The van der Waals surface area contributed by atoms with Gasteiger partial charge in [-0.3, -0.25) is 4.79 Å². The smallest absolute Gasteiger partial charge is 0.338 e. The lowest BCUT2D eigenvalue weighted by Crippen LogP contribution is -2.16. The number of hydrogen-bond acceptors (Lipinski definition) is 10. The standard InChI is InChI=1S/C31H32O10/c1-19(2)17-27(32)37-13-14-40-31(36)26-18-23(30(35)39-16-15-38-28(33)20(3)4)9-12-25(26)22-7-10-24(11-8-22)41-29(34)21(5)6/h7-12,18H,1,3,5,13-17H2,2,4,6H3. The number of ether oxygens (including phenoxy) is 5. The van der Waals surface area contributed by atoms with E-state index in [1.807, 2.05) is 0 Å². The summed E-state index contributed by atoms with van der Waals surface area (Å²) in [5.74, 6) is -2.95. The Balaban J connectivity index is 2.22. The van der Waals surface area contributed by atoms with E-state index in [9.17, 15) is 24.0 Å². The van der Waals surface area contributed by atoms with Gasteiger partial charge in [0.2, 0.25) is 0 Å². The van der Waals surface area contributed by atoms with Gasteiger partial charge in [-0.25, -0.2) is 19.2 Å². The SMILES string of the molecule is C=C(C)CC(=O)OCCOC(=O)c1cc(C(=O)OCCOC(=O)C(=C)C)ccc1-c1ccc(OC(=O)C(=C)C)cc1. The topological polar surface area (TPSA) is 132 Å². The van der Waals surface area contributed by atoms with Crippen LogP contribution in [0.2, 0.25) is 0 Å². The molecule has 10 nitrogen and oxygen atoms in total. The van der Waals surface area contributed by atoms with Gasteiger partial charge in [-0.1, -0.05) is 43.5 Å². The Bertz CT molecular complexity index is 1350. The van der Waals surface area contributed by atoms with Crippen LogP contribution in [0.5, 0.6) is 5.75 Å². The molecule has 0 fully saturated rings. The van der Waals surface area contributed by atoms with Crippen LogP contribution in [-0.2, 0) is 33.3 Å². The maximum absolute atomic E-state index is 13.0. The van der Waals surface area contributed by atoms with Crippen LogP contribution in [0.15, 0.2) is 78.9 Å². The third kappa shape index (κ3) is 10.6. The second-order valence-corrected chi connectivity index (χ2v) is 9.00. The molecule has 0 saturated heterocycles. The van der Waals surface area contributed by atoms with Gasteiger partial charge in [-0.15, -0.1) is 0 Å². The van der Waals surface area contributed by atoms with E-state index >= 15 is 0 Å². The minimum absolute atomic E-state index is 0.0353. The quantitative estimate of drug-likeness (QED) is 0.0789. The zero-order chi connectivity index (χ0) is 30.5. The molecule has 0 N–H and O–H groups in total. The summed E-state index contributed by atoms with van der Waals surface area (Å²) in [6, 6.07) is 10.6. The minimum Gasteiger partial charge on any atom is -0.462 e. The van der Waals surface area contributed by atoms with Crippen molar-refractivity contribution in [3.63, 3.8) is 0 Å². The van der Waals surface area contributed by atoms with E-state index in [1.165, 1.54) is 32.0 Å². The molecule has 10 heteroatoms. The van der Waals surface area contributed by atoms with E-state index in [-0.39, 0.29) is 60.9 Å². The second-order valence-electron chi connectivity index (χ2n) is 9.00. The van der Waals surface area contributed by atoms with E-state index in [1.54, 1.807) is 31.2 Å². The van der Waals surface area contributed by atoms with Crippen molar-refractivity contribution >= 4 is 29.8 Å². The summed E-state index contributed by atoms with van der Waals surface area (Å²) in [5.41, 5.74) is 2.14. The van der Waals surface area contributed by atoms with Crippen LogP contribution in [0.4, 0.5) is 0 Å². The Hall–Kier alpha value is -4.99. The van der Waals surface area contributed by atoms with Crippen molar-refractivity contribution in [1.29, 1.82) is 0 Å². The summed E-state index contributed by atoms with van der Waals surface area (Å²) in [6.07, 6.45) is 0.0479. The van der Waals surface area contributed by atoms with Gasteiger partial charge in [0.05, 0.1) is 17.5 Å². The summed E-state index contributed by atoms with van der Waals surface area (Å²) < 4.78 is 25.6. The van der Waals surface area contributed by atoms with Gasteiger partial charge in [-0.05, 0) is 56.2 Å². The van der Waals surface area contributed by atoms with Crippen molar-refractivity contribution < 1.29 is 47.7 Å². The highest BCUT2D eigenvalue weighted by Gasteiger charge is 2.19. The van der Waals surface area contributed by atoms with E-state index in [0.717, 1.165) is 0 Å². The highest BCUT2D eigenvalue weighted by molar-refractivity contribution is 6.01. The van der Waals surface area contributed by atoms with Crippen LogP contribution < -0.4 is 4.74 Å². The number of benzene rings is 2. The Labute approximate surface area is 238 Å². The van der Waals surface area contributed by atoms with Crippen molar-refractivity contribution in [3.8, 4) is 16.9 Å². The van der Waals surface area contributed by atoms with Crippen molar-refractivity contribution in [2.45, 2.75) is 27.2 Å². The molecule has 41 heavy (non-hydrogen) atoms. The molecule has 0 aliphatic carbocycles. The summed E-state index contributed by atoms with van der Waals surface area (Å²) in [4.78, 5) is 60.6. The Morgan fingerprint density at radius 1 is 0.659 bits per heavy atom. The first-order chi connectivity index (χ1) is 19.4. The lowest BCUT2D eigenvalue weighted by atomic mass is 9.97. The molecule has 0 radical (unpaired) electrons. The molecular weight excluding hydrogens is 532 g/mol. The molecule has 2 rings (SSSR count). The van der Waals surface area contributed by atoms with Crippen LogP contribution >= 0.6 is 0 Å². The molecular formula is C31H32O10. The molecule has 0 aliphatic rings. The molecule has 0 heterocycles. The predicted molar refractivity (Wildman–Crippen MR) is 149 cm³/mol. The predicted octanol–water partition coefficient (Wildman–Crippen LogP) is 4.78. The van der Waals surface area contributed by atoms with Crippen LogP contribution in [0, 0.1) is 0 Å². The minimum atomic E-state index is -0.779. The zero-order valence-electron chi connectivity index (χ0n) is 23.3. The van der Waals surface area contributed by atoms with Crippen LogP contribution in [0.25, 0.3) is 11.1 Å². The number of esters is 5. The Morgan fingerprint density at radius 3 is 1.80 bits per heavy atom. The second kappa shape index (κ2) is 15.6. The van der Waals surface area contributed by atoms with Gasteiger partial charge < -0.3 is 23.7 Å². The largest absolute Gasteiger partial charge is 0.462 e. The molecule has 0 unspecified atom stereocenters. The van der Waals surface area contributed by atoms with E-state index in [2.05, 4.69) is 19.7 Å². The van der Waals surface area contributed by atoms with Crippen molar-refractivity contribution in [2.24, 2.45) is 0 Å². The monoisotopic (exact) mass is 564 g/mol. The van der Waals surface area contributed by atoms with Crippen molar-refractivity contribution in [3.05, 3.63) is 90.0 Å². The number of carbonyl (C=O) groups excluding carboxylic acids is 5. The lowest BCUT2D eigenvalue weighted by molar-refractivity contribution is -0.144. The molecule has 2 aromatic rings. The third-order valence-corrected chi connectivity index (χ3v) is 5.12. The maximum Gasteiger partial charge on any atom is 0.338 e.